The quantitative estimate of drug-likeness (QED) is 0.848. The fourth-order valence-electron chi connectivity index (χ4n) is 2.29. The molecule has 1 aromatic carbocycles. The third-order valence-electron chi connectivity index (χ3n) is 3.32. The van der Waals surface area contributed by atoms with Crippen LogP contribution in [0.5, 0.6) is 0 Å². The Bertz CT molecular complexity index is 354. The summed E-state index contributed by atoms with van der Waals surface area (Å²) in [5.41, 5.74) is 1.08. The first-order chi connectivity index (χ1) is 8.24. The number of hydrogen-bond donors (Lipinski definition) is 1. The lowest BCUT2D eigenvalue weighted by Crippen LogP contribution is -2.38. The Balaban J connectivity index is 1.92. The lowest BCUT2D eigenvalue weighted by atomic mass is 10.1. The SMILES string of the molecule is CC1CCN(Cc2cccc(F)c2)CCCN1. The summed E-state index contributed by atoms with van der Waals surface area (Å²) in [6.07, 6.45) is 2.33. The van der Waals surface area contributed by atoms with Crippen molar-refractivity contribution < 1.29 is 4.39 Å². The molecule has 94 valence electrons. The summed E-state index contributed by atoms with van der Waals surface area (Å²) < 4.78 is 13.1. The highest BCUT2D eigenvalue weighted by Gasteiger charge is 2.12. The van der Waals surface area contributed by atoms with Gasteiger partial charge in [-0.2, -0.15) is 0 Å². The van der Waals surface area contributed by atoms with E-state index in [2.05, 4.69) is 17.1 Å². The molecule has 1 heterocycles. The number of halogens is 1. The molecule has 1 aromatic rings. The second-order valence-electron chi connectivity index (χ2n) is 4.90. The molecule has 1 aliphatic heterocycles. The van der Waals surface area contributed by atoms with Gasteiger partial charge in [0.05, 0.1) is 0 Å². The van der Waals surface area contributed by atoms with Crippen LogP contribution in [0, 0.1) is 5.82 Å². The Kier molecular flexibility index (Phi) is 4.51. The number of hydrogen-bond acceptors (Lipinski definition) is 2. The van der Waals surface area contributed by atoms with Gasteiger partial charge in [0.2, 0.25) is 0 Å². The standard InChI is InChI=1S/C14H21FN2/c1-12-6-9-17(8-3-7-16-12)11-13-4-2-5-14(15)10-13/h2,4-5,10,12,16H,3,6-9,11H2,1H3. The molecule has 1 fully saturated rings. The van der Waals surface area contributed by atoms with Gasteiger partial charge in [0.15, 0.2) is 0 Å². The zero-order chi connectivity index (χ0) is 12.1. The summed E-state index contributed by atoms with van der Waals surface area (Å²) in [5, 5.41) is 3.49. The average molecular weight is 236 g/mol. The third kappa shape index (κ3) is 4.10. The molecule has 0 aromatic heterocycles. The summed E-state index contributed by atoms with van der Waals surface area (Å²) in [5.74, 6) is -0.135. The van der Waals surface area contributed by atoms with Gasteiger partial charge in [-0.25, -0.2) is 4.39 Å². The fraction of sp³-hybridized carbons (Fsp3) is 0.571. The molecule has 1 N–H and O–H groups in total. The second-order valence-corrected chi connectivity index (χ2v) is 4.90. The van der Waals surface area contributed by atoms with E-state index in [0.717, 1.165) is 38.2 Å². The Hall–Kier alpha value is -0.930. The van der Waals surface area contributed by atoms with Gasteiger partial charge >= 0.3 is 0 Å². The van der Waals surface area contributed by atoms with Crippen LogP contribution >= 0.6 is 0 Å². The smallest absolute Gasteiger partial charge is 0.123 e. The third-order valence-corrected chi connectivity index (χ3v) is 3.32. The van der Waals surface area contributed by atoms with Gasteiger partial charge < -0.3 is 5.32 Å². The molecule has 1 unspecified atom stereocenters. The molecule has 0 bridgehead atoms. The number of benzene rings is 1. The van der Waals surface area contributed by atoms with Gasteiger partial charge in [-0.3, -0.25) is 4.90 Å². The molecule has 1 aliphatic rings. The maximum atomic E-state index is 13.1. The Morgan fingerprint density at radius 2 is 2.29 bits per heavy atom. The monoisotopic (exact) mass is 236 g/mol. The van der Waals surface area contributed by atoms with E-state index >= 15 is 0 Å². The molecule has 1 saturated heterocycles. The van der Waals surface area contributed by atoms with Crippen molar-refractivity contribution in [3.63, 3.8) is 0 Å². The van der Waals surface area contributed by atoms with E-state index in [1.54, 1.807) is 12.1 Å². The molecule has 0 amide bonds. The van der Waals surface area contributed by atoms with Gasteiger partial charge in [-0.15, -0.1) is 0 Å². The van der Waals surface area contributed by atoms with Crippen molar-refractivity contribution in [3.05, 3.63) is 35.6 Å². The average Bonchev–Trinajstić information content (AvgIpc) is 2.28. The molecule has 2 nitrogen and oxygen atoms in total. The van der Waals surface area contributed by atoms with Gasteiger partial charge in [-0.1, -0.05) is 12.1 Å². The number of rotatable bonds is 2. The van der Waals surface area contributed by atoms with E-state index in [0.29, 0.717) is 6.04 Å². The van der Waals surface area contributed by atoms with E-state index in [9.17, 15) is 4.39 Å². The maximum absolute atomic E-state index is 13.1. The number of nitrogens with one attached hydrogen (secondary N) is 1. The zero-order valence-corrected chi connectivity index (χ0v) is 10.5. The van der Waals surface area contributed by atoms with Crippen LogP contribution in [0.4, 0.5) is 4.39 Å². The Morgan fingerprint density at radius 3 is 3.12 bits per heavy atom. The van der Waals surface area contributed by atoms with Crippen molar-refractivity contribution in [2.24, 2.45) is 0 Å². The lowest BCUT2D eigenvalue weighted by molar-refractivity contribution is 0.229. The lowest BCUT2D eigenvalue weighted by Gasteiger charge is -2.27. The first kappa shape index (κ1) is 12.5. The van der Waals surface area contributed by atoms with E-state index in [1.165, 1.54) is 12.5 Å². The first-order valence-electron chi connectivity index (χ1n) is 6.44. The van der Waals surface area contributed by atoms with Crippen LogP contribution in [0.2, 0.25) is 0 Å². The van der Waals surface area contributed by atoms with Crippen LogP contribution in [0.3, 0.4) is 0 Å². The molecule has 3 heteroatoms. The minimum atomic E-state index is -0.135. The largest absolute Gasteiger partial charge is 0.314 e. The highest BCUT2D eigenvalue weighted by Crippen LogP contribution is 2.10. The van der Waals surface area contributed by atoms with E-state index in [1.807, 2.05) is 6.07 Å². The van der Waals surface area contributed by atoms with Crippen molar-refractivity contribution in [1.82, 2.24) is 10.2 Å². The Labute approximate surface area is 103 Å². The molecule has 0 spiro atoms. The molecular formula is C14H21FN2. The van der Waals surface area contributed by atoms with Crippen LogP contribution < -0.4 is 5.32 Å². The summed E-state index contributed by atoms with van der Waals surface area (Å²) in [7, 11) is 0. The van der Waals surface area contributed by atoms with Crippen LogP contribution in [0.15, 0.2) is 24.3 Å². The molecular weight excluding hydrogens is 215 g/mol. The van der Waals surface area contributed by atoms with Gasteiger partial charge in [0.1, 0.15) is 5.82 Å². The molecule has 17 heavy (non-hydrogen) atoms. The summed E-state index contributed by atoms with van der Waals surface area (Å²) in [4.78, 5) is 2.42. The minimum absolute atomic E-state index is 0.135. The van der Waals surface area contributed by atoms with Crippen molar-refractivity contribution in [1.29, 1.82) is 0 Å². The molecule has 1 atom stereocenters. The van der Waals surface area contributed by atoms with Gasteiger partial charge in [0, 0.05) is 12.6 Å². The van der Waals surface area contributed by atoms with E-state index in [-0.39, 0.29) is 5.82 Å². The molecule has 2 rings (SSSR count). The summed E-state index contributed by atoms with van der Waals surface area (Å²) >= 11 is 0. The van der Waals surface area contributed by atoms with E-state index in [4.69, 9.17) is 0 Å². The highest BCUT2D eigenvalue weighted by molar-refractivity contribution is 5.16. The molecule has 0 aliphatic carbocycles. The predicted octanol–water partition coefficient (Wildman–Crippen LogP) is 2.40. The summed E-state index contributed by atoms with van der Waals surface area (Å²) in [6, 6.07) is 7.52. The number of nitrogens with zero attached hydrogens (tertiary/aromatic N) is 1. The molecule has 0 radical (unpaired) electrons. The maximum Gasteiger partial charge on any atom is 0.123 e. The van der Waals surface area contributed by atoms with Crippen molar-refractivity contribution in [2.75, 3.05) is 19.6 Å². The van der Waals surface area contributed by atoms with Crippen LogP contribution in [0.1, 0.15) is 25.3 Å². The zero-order valence-electron chi connectivity index (χ0n) is 10.5. The highest BCUT2D eigenvalue weighted by atomic mass is 19.1. The van der Waals surface area contributed by atoms with E-state index < -0.39 is 0 Å². The normalized spacial score (nSPS) is 23.1. The molecule has 0 saturated carbocycles. The van der Waals surface area contributed by atoms with Crippen LogP contribution in [-0.4, -0.2) is 30.6 Å². The van der Waals surface area contributed by atoms with Crippen LogP contribution in [-0.2, 0) is 6.54 Å². The minimum Gasteiger partial charge on any atom is -0.314 e. The summed E-state index contributed by atoms with van der Waals surface area (Å²) in [6.45, 7) is 6.36. The topological polar surface area (TPSA) is 15.3 Å². The second kappa shape index (κ2) is 6.12. The first-order valence-corrected chi connectivity index (χ1v) is 6.44. The van der Waals surface area contributed by atoms with Crippen molar-refractivity contribution in [2.45, 2.75) is 32.4 Å². The van der Waals surface area contributed by atoms with Gasteiger partial charge in [0.25, 0.3) is 0 Å². The van der Waals surface area contributed by atoms with Crippen molar-refractivity contribution >= 4 is 0 Å². The predicted molar refractivity (Wildman–Crippen MR) is 68.4 cm³/mol. The van der Waals surface area contributed by atoms with Crippen molar-refractivity contribution in [3.8, 4) is 0 Å². The fourth-order valence-corrected chi connectivity index (χ4v) is 2.29. The van der Waals surface area contributed by atoms with Gasteiger partial charge in [-0.05, 0) is 57.1 Å². The Morgan fingerprint density at radius 1 is 1.41 bits per heavy atom. The van der Waals surface area contributed by atoms with Crippen LogP contribution in [0.25, 0.3) is 0 Å².